The van der Waals surface area contributed by atoms with Crippen LogP contribution in [0.25, 0.3) is 0 Å². The lowest BCUT2D eigenvalue weighted by Crippen LogP contribution is -2.30. The maximum Gasteiger partial charge on any atom is 0.257 e. The number of amides is 1. The summed E-state index contributed by atoms with van der Waals surface area (Å²) in [5, 5.41) is 2.90. The van der Waals surface area contributed by atoms with Gasteiger partial charge in [-0.2, -0.15) is 0 Å². The lowest BCUT2D eigenvalue weighted by atomic mass is 9.92. The Balaban J connectivity index is 1.36. The normalized spacial score (nSPS) is 13.2. The van der Waals surface area contributed by atoms with Crippen LogP contribution in [0.4, 0.5) is 0 Å². The first-order valence-electron chi connectivity index (χ1n) is 8.50. The zero-order chi connectivity index (χ0) is 16.6. The zero-order valence-electron chi connectivity index (χ0n) is 13.8. The van der Waals surface area contributed by atoms with Crippen molar-refractivity contribution in [2.75, 3.05) is 18.9 Å². The molecular formula is C20H23NO2S. The van der Waals surface area contributed by atoms with E-state index in [1.165, 1.54) is 28.9 Å². The van der Waals surface area contributed by atoms with Gasteiger partial charge in [-0.1, -0.05) is 24.3 Å². The van der Waals surface area contributed by atoms with Crippen LogP contribution < -0.4 is 10.1 Å². The van der Waals surface area contributed by atoms with Crippen LogP contribution in [-0.2, 0) is 17.6 Å². The van der Waals surface area contributed by atoms with Crippen LogP contribution in [0.2, 0.25) is 0 Å². The van der Waals surface area contributed by atoms with Gasteiger partial charge in [0.2, 0.25) is 0 Å². The van der Waals surface area contributed by atoms with Gasteiger partial charge in [-0.25, -0.2) is 0 Å². The molecule has 0 fully saturated rings. The van der Waals surface area contributed by atoms with Gasteiger partial charge in [0, 0.05) is 17.2 Å². The molecule has 0 aliphatic heterocycles. The van der Waals surface area contributed by atoms with Gasteiger partial charge in [0.1, 0.15) is 5.75 Å². The highest BCUT2D eigenvalue weighted by Crippen LogP contribution is 2.25. The highest BCUT2D eigenvalue weighted by molar-refractivity contribution is 7.99. The molecule has 0 atom stereocenters. The van der Waals surface area contributed by atoms with Crippen molar-refractivity contribution >= 4 is 17.7 Å². The molecule has 0 bridgehead atoms. The molecule has 4 heteroatoms. The van der Waals surface area contributed by atoms with E-state index in [0.29, 0.717) is 6.54 Å². The SMILES string of the molecule is O=C(COc1ccc2c(c1)CCCC2)NCCSc1ccccc1. The lowest BCUT2D eigenvalue weighted by Gasteiger charge is -2.16. The number of carbonyl (C=O) groups excluding carboxylic acids is 1. The molecule has 0 unspecified atom stereocenters. The summed E-state index contributed by atoms with van der Waals surface area (Å²) >= 11 is 1.74. The van der Waals surface area contributed by atoms with E-state index in [9.17, 15) is 4.79 Å². The van der Waals surface area contributed by atoms with Crippen molar-refractivity contribution in [2.45, 2.75) is 30.6 Å². The van der Waals surface area contributed by atoms with Gasteiger partial charge in [0.15, 0.2) is 6.61 Å². The molecule has 1 amide bonds. The average Bonchev–Trinajstić information content (AvgIpc) is 2.64. The van der Waals surface area contributed by atoms with E-state index in [-0.39, 0.29) is 12.5 Å². The molecule has 24 heavy (non-hydrogen) atoms. The summed E-state index contributed by atoms with van der Waals surface area (Å²) in [7, 11) is 0. The highest BCUT2D eigenvalue weighted by atomic mass is 32.2. The first-order chi connectivity index (χ1) is 11.8. The van der Waals surface area contributed by atoms with Crippen molar-refractivity contribution in [3.05, 3.63) is 59.7 Å². The van der Waals surface area contributed by atoms with Crippen molar-refractivity contribution in [1.82, 2.24) is 5.32 Å². The second-order valence-corrected chi connectivity index (χ2v) is 7.11. The monoisotopic (exact) mass is 341 g/mol. The van der Waals surface area contributed by atoms with Crippen LogP contribution >= 0.6 is 11.8 Å². The number of fused-ring (bicyclic) bond motifs is 1. The minimum absolute atomic E-state index is 0.0682. The van der Waals surface area contributed by atoms with Gasteiger partial charge in [0.25, 0.3) is 5.91 Å². The van der Waals surface area contributed by atoms with Gasteiger partial charge in [0.05, 0.1) is 0 Å². The zero-order valence-corrected chi connectivity index (χ0v) is 14.6. The van der Waals surface area contributed by atoms with E-state index in [0.717, 1.165) is 24.3 Å². The number of hydrogen-bond acceptors (Lipinski definition) is 3. The largest absolute Gasteiger partial charge is 0.484 e. The van der Waals surface area contributed by atoms with Crippen LogP contribution in [0.1, 0.15) is 24.0 Å². The molecule has 0 aromatic heterocycles. The number of ether oxygens (including phenoxy) is 1. The molecule has 126 valence electrons. The molecule has 2 aromatic carbocycles. The Labute approximate surface area is 147 Å². The minimum Gasteiger partial charge on any atom is -0.484 e. The molecule has 3 nitrogen and oxygen atoms in total. The molecule has 0 saturated carbocycles. The predicted molar refractivity (Wildman–Crippen MR) is 98.8 cm³/mol. The Morgan fingerprint density at radius 2 is 1.83 bits per heavy atom. The highest BCUT2D eigenvalue weighted by Gasteiger charge is 2.10. The Morgan fingerprint density at radius 1 is 1.04 bits per heavy atom. The first kappa shape index (κ1) is 16.9. The van der Waals surface area contributed by atoms with E-state index in [1.54, 1.807) is 11.8 Å². The molecule has 2 aromatic rings. The van der Waals surface area contributed by atoms with Gasteiger partial charge in [-0.05, 0) is 61.1 Å². The van der Waals surface area contributed by atoms with Gasteiger partial charge >= 0.3 is 0 Å². The summed E-state index contributed by atoms with van der Waals surface area (Å²) in [4.78, 5) is 13.1. The topological polar surface area (TPSA) is 38.3 Å². The summed E-state index contributed by atoms with van der Waals surface area (Å²) in [6.07, 6.45) is 4.80. The number of hydrogen-bond donors (Lipinski definition) is 1. The second kappa shape index (κ2) is 8.78. The van der Waals surface area contributed by atoms with E-state index < -0.39 is 0 Å². The maximum absolute atomic E-state index is 11.9. The van der Waals surface area contributed by atoms with E-state index in [2.05, 4.69) is 29.6 Å². The molecular weight excluding hydrogens is 318 g/mol. The second-order valence-electron chi connectivity index (χ2n) is 5.94. The quantitative estimate of drug-likeness (QED) is 0.614. The van der Waals surface area contributed by atoms with Gasteiger partial charge in [-0.3, -0.25) is 4.79 Å². The summed E-state index contributed by atoms with van der Waals surface area (Å²) in [5.41, 5.74) is 2.80. The number of thioether (sulfide) groups is 1. The summed E-state index contributed by atoms with van der Waals surface area (Å²) in [5.74, 6) is 1.58. The third-order valence-electron chi connectivity index (χ3n) is 4.13. The number of benzene rings is 2. The fourth-order valence-corrected chi connectivity index (χ4v) is 3.66. The molecule has 0 spiro atoms. The lowest BCUT2D eigenvalue weighted by molar-refractivity contribution is -0.122. The van der Waals surface area contributed by atoms with E-state index >= 15 is 0 Å². The fraction of sp³-hybridized carbons (Fsp3) is 0.350. The number of aryl methyl sites for hydroxylation is 2. The Hall–Kier alpha value is -1.94. The molecule has 3 rings (SSSR count). The fourth-order valence-electron chi connectivity index (χ4n) is 2.88. The molecule has 1 N–H and O–H groups in total. The van der Waals surface area contributed by atoms with Gasteiger partial charge in [-0.15, -0.1) is 11.8 Å². The van der Waals surface area contributed by atoms with Crippen molar-refractivity contribution in [3.63, 3.8) is 0 Å². The average molecular weight is 341 g/mol. The van der Waals surface area contributed by atoms with Crippen LogP contribution in [-0.4, -0.2) is 24.8 Å². The summed E-state index contributed by atoms with van der Waals surface area (Å²) in [6, 6.07) is 16.4. The number of rotatable bonds is 7. The van der Waals surface area contributed by atoms with Crippen molar-refractivity contribution in [2.24, 2.45) is 0 Å². The molecule has 1 aliphatic carbocycles. The third-order valence-corrected chi connectivity index (χ3v) is 5.14. The molecule has 0 radical (unpaired) electrons. The van der Waals surface area contributed by atoms with Gasteiger partial charge < -0.3 is 10.1 Å². The van der Waals surface area contributed by atoms with Crippen LogP contribution in [0, 0.1) is 0 Å². The Morgan fingerprint density at radius 3 is 2.67 bits per heavy atom. The van der Waals surface area contributed by atoms with Crippen LogP contribution in [0.15, 0.2) is 53.4 Å². The predicted octanol–water partition coefficient (Wildman–Crippen LogP) is 3.85. The maximum atomic E-state index is 11.9. The number of nitrogens with one attached hydrogen (secondary N) is 1. The van der Waals surface area contributed by atoms with E-state index in [4.69, 9.17) is 4.74 Å². The van der Waals surface area contributed by atoms with E-state index in [1.807, 2.05) is 24.3 Å². The minimum atomic E-state index is -0.0682. The van der Waals surface area contributed by atoms with Crippen molar-refractivity contribution in [3.8, 4) is 5.75 Å². The third kappa shape index (κ3) is 5.03. The summed E-state index contributed by atoms with van der Waals surface area (Å²) in [6.45, 7) is 0.723. The van der Waals surface area contributed by atoms with Crippen LogP contribution in [0.5, 0.6) is 5.75 Å². The molecule has 1 aliphatic rings. The summed E-state index contributed by atoms with van der Waals surface area (Å²) < 4.78 is 5.63. The van der Waals surface area contributed by atoms with Crippen molar-refractivity contribution < 1.29 is 9.53 Å². The Kier molecular flexibility index (Phi) is 6.19. The number of carbonyl (C=O) groups is 1. The van der Waals surface area contributed by atoms with Crippen molar-refractivity contribution in [1.29, 1.82) is 0 Å². The molecule has 0 heterocycles. The Bertz CT molecular complexity index is 673. The molecule has 0 saturated heterocycles. The smallest absolute Gasteiger partial charge is 0.257 e. The first-order valence-corrected chi connectivity index (χ1v) is 9.49. The van der Waals surface area contributed by atoms with Crippen LogP contribution in [0.3, 0.4) is 0 Å². The standard InChI is InChI=1S/C20H23NO2S/c22-20(21-12-13-24-19-8-2-1-3-9-19)15-23-18-11-10-16-6-4-5-7-17(16)14-18/h1-3,8-11,14H,4-7,12-13,15H2,(H,21,22).